The largest absolute Gasteiger partial charge is 0.294 e. The Kier molecular flexibility index (Phi) is 3.83. The van der Waals surface area contributed by atoms with Gasteiger partial charge in [-0.3, -0.25) is 4.79 Å². The lowest BCUT2D eigenvalue weighted by molar-refractivity contribution is 0.0967. The summed E-state index contributed by atoms with van der Waals surface area (Å²) in [7, 11) is -3.51. The Hall–Kier alpha value is -2.01. The molecule has 2 aromatic rings. The average Bonchev–Trinajstić information content (AvgIpc) is 3.34. The Morgan fingerprint density at radius 3 is 2.14 bits per heavy atom. The van der Waals surface area contributed by atoms with Crippen LogP contribution in [-0.4, -0.2) is 14.2 Å². The lowest BCUT2D eigenvalue weighted by atomic mass is 10.1. The van der Waals surface area contributed by atoms with E-state index in [2.05, 4.69) is 0 Å². The van der Waals surface area contributed by atoms with E-state index in [9.17, 15) is 17.6 Å². The minimum atomic E-state index is -3.51. The van der Waals surface area contributed by atoms with Gasteiger partial charge >= 0.3 is 0 Å². The van der Waals surface area contributed by atoms with Crippen LogP contribution in [0.3, 0.4) is 0 Å². The van der Waals surface area contributed by atoms with Crippen molar-refractivity contribution in [3.8, 4) is 0 Å². The highest BCUT2D eigenvalue weighted by Gasteiger charge is 2.30. The van der Waals surface area contributed by atoms with Gasteiger partial charge in [-0.1, -0.05) is 24.3 Å². The average molecular weight is 318 g/mol. The normalized spacial score (nSPS) is 14.8. The molecule has 0 aromatic heterocycles. The second-order valence-corrected chi connectivity index (χ2v) is 7.54. The number of Topliss-reactive ketones (excluding diaryl/α,β-unsaturated/α-hetero) is 1. The zero-order chi connectivity index (χ0) is 15.7. The Balaban J connectivity index is 1.79. The number of benzene rings is 2. The Morgan fingerprint density at radius 2 is 1.59 bits per heavy atom. The summed E-state index contributed by atoms with van der Waals surface area (Å²) in [4.78, 5) is 12.1. The summed E-state index contributed by atoms with van der Waals surface area (Å²) in [6.07, 6.45) is 1.84. The van der Waals surface area contributed by atoms with E-state index >= 15 is 0 Å². The number of hydrogen-bond donors (Lipinski definition) is 0. The monoisotopic (exact) mass is 318 g/mol. The molecule has 3 nitrogen and oxygen atoms in total. The maximum absolute atomic E-state index is 12.9. The van der Waals surface area contributed by atoms with Crippen LogP contribution in [0.15, 0.2) is 53.4 Å². The van der Waals surface area contributed by atoms with Gasteiger partial charge in [-0.2, -0.15) is 0 Å². The SMILES string of the molecule is O=C(c1ccc(S(=O)(=O)Cc2ccc(F)cc2)cc1)C1CC1. The number of hydrogen-bond acceptors (Lipinski definition) is 3. The predicted molar refractivity (Wildman–Crippen MR) is 80.8 cm³/mol. The van der Waals surface area contributed by atoms with Crippen molar-refractivity contribution in [3.63, 3.8) is 0 Å². The van der Waals surface area contributed by atoms with Crippen molar-refractivity contribution in [1.29, 1.82) is 0 Å². The van der Waals surface area contributed by atoms with Crippen molar-refractivity contribution < 1.29 is 17.6 Å². The third kappa shape index (κ3) is 3.25. The van der Waals surface area contributed by atoms with E-state index < -0.39 is 15.7 Å². The number of carbonyl (C=O) groups is 1. The molecule has 0 amide bonds. The molecule has 0 spiro atoms. The van der Waals surface area contributed by atoms with Gasteiger partial charge in [0.05, 0.1) is 10.6 Å². The summed E-state index contributed by atoms with van der Waals surface area (Å²) in [5, 5.41) is 0. The van der Waals surface area contributed by atoms with Crippen LogP contribution in [0.5, 0.6) is 0 Å². The number of rotatable bonds is 5. The maximum Gasteiger partial charge on any atom is 0.182 e. The molecule has 0 atom stereocenters. The summed E-state index contributed by atoms with van der Waals surface area (Å²) in [5.41, 5.74) is 1.09. The molecule has 1 saturated carbocycles. The van der Waals surface area contributed by atoms with Gasteiger partial charge in [0, 0.05) is 11.5 Å². The molecule has 0 aliphatic heterocycles. The van der Waals surface area contributed by atoms with Crippen molar-refractivity contribution in [1.82, 2.24) is 0 Å². The third-order valence-electron chi connectivity index (χ3n) is 3.72. The van der Waals surface area contributed by atoms with Gasteiger partial charge in [0.25, 0.3) is 0 Å². The number of ketones is 1. The molecule has 0 heterocycles. The molecule has 0 bridgehead atoms. The van der Waals surface area contributed by atoms with E-state index in [0.717, 1.165) is 12.8 Å². The predicted octanol–water partition coefficient (Wildman–Crippen LogP) is 3.39. The molecule has 1 aliphatic carbocycles. The van der Waals surface area contributed by atoms with E-state index in [1.54, 1.807) is 12.1 Å². The number of sulfone groups is 1. The Morgan fingerprint density at radius 1 is 1.00 bits per heavy atom. The number of halogens is 1. The van der Waals surface area contributed by atoms with Gasteiger partial charge < -0.3 is 0 Å². The second-order valence-electron chi connectivity index (χ2n) is 5.55. The molecule has 1 fully saturated rings. The van der Waals surface area contributed by atoms with Gasteiger partial charge in [0.2, 0.25) is 0 Å². The van der Waals surface area contributed by atoms with Crippen LogP contribution in [0.25, 0.3) is 0 Å². The van der Waals surface area contributed by atoms with E-state index in [1.807, 2.05) is 0 Å². The fraction of sp³-hybridized carbons (Fsp3) is 0.235. The quantitative estimate of drug-likeness (QED) is 0.794. The topological polar surface area (TPSA) is 51.2 Å². The molecule has 2 aromatic carbocycles. The molecule has 5 heteroatoms. The standard InChI is InChI=1S/C17H15FO3S/c18-15-7-1-12(2-8-15)11-22(20,21)16-9-5-14(6-10-16)17(19)13-3-4-13/h1-2,5-10,13H,3-4,11H2. The molecule has 0 radical (unpaired) electrons. The Bertz CT molecular complexity index is 789. The van der Waals surface area contributed by atoms with Crippen LogP contribution in [-0.2, 0) is 15.6 Å². The number of carbonyl (C=O) groups excluding carboxylic acids is 1. The molecule has 0 unspecified atom stereocenters. The molecular weight excluding hydrogens is 303 g/mol. The van der Waals surface area contributed by atoms with Gasteiger partial charge in [0.1, 0.15) is 5.82 Å². The van der Waals surface area contributed by atoms with Gasteiger partial charge in [-0.05, 0) is 42.7 Å². The summed E-state index contributed by atoms with van der Waals surface area (Å²) < 4.78 is 37.5. The van der Waals surface area contributed by atoms with Crippen LogP contribution in [0.1, 0.15) is 28.8 Å². The molecule has 114 valence electrons. The lowest BCUT2D eigenvalue weighted by Gasteiger charge is -2.06. The first kappa shape index (κ1) is 14.9. The first-order valence-electron chi connectivity index (χ1n) is 7.07. The first-order valence-corrected chi connectivity index (χ1v) is 8.72. The highest BCUT2D eigenvalue weighted by molar-refractivity contribution is 7.90. The fourth-order valence-corrected chi connectivity index (χ4v) is 3.64. The van der Waals surface area contributed by atoms with Gasteiger partial charge in [0.15, 0.2) is 15.6 Å². The summed E-state index contributed by atoms with van der Waals surface area (Å²) in [5.74, 6) is -0.392. The van der Waals surface area contributed by atoms with Crippen molar-refractivity contribution in [2.45, 2.75) is 23.5 Å². The lowest BCUT2D eigenvalue weighted by Crippen LogP contribution is -2.06. The molecule has 0 saturated heterocycles. The molecule has 3 rings (SSSR count). The van der Waals surface area contributed by atoms with E-state index in [1.165, 1.54) is 36.4 Å². The van der Waals surface area contributed by atoms with Crippen LogP contribution >= 0.6 is 0 Å². The second kappa shape index (κ2) is 5.65. The van der Waals surface area contributed by atoms with E-state index in [-0.39, 0.29) is 22.3 Å². The highest BCUT2D eigenvalue weighted by atomic mass is 32.2. The Labute approximate surface area is 128 Å². The minimum Gasteiger partial charge on any atom is -0.294 e. The van der Waals surface area contributed by atoms with Crippen LogP contribution in [0.2, 0.25) is 0 Å². The summed E-state index contributed by atoms with van der Waals surface area (Å²) >= 11 is 0. The van der Waals surface area contributed by atoms with Crippen molar-refractivity contribution in [2.75, 3.05) is 0 Å². The zero-order valence-electron chi connectivity index (χ0n) is 11.8. The van der Waals surface area contributed by atoms with Crippen LogP contribution < -0.4 is 0 Å². The smallest absolute Gasteiger partial charge is 0.182 e. The molecule has 0 N–H and O–H groups in total. The zero-order valence-corrected chi connectivity index (χ0v) is 12.6. The molecular formula is C17H15FO3S. The molecule has 22 heavy (non-hydrogen) atoms. The van der Waals surface area contributed by atoms with Crippen molar-refractivity contribution in [3.05, 3.63) is 65.5 Å². The van der Waals surface area contributed by atoms with Crippen molar-refractivity contribution >= 4 is 15.6 Å². The summed E-state index contributed by atoms with van der Waals surface area (Å²) in [6, 6.07) is 11.5. The maximum atomic E-state index is 12.9. The van der Waals surface area contributed by atoms with Crippen LogP contribution in [0.4, 0.5) is 4.39 Å². The minimum absolute atomic E-state index is 0.0856. The van der Waals surface area contributed by atoms with Gasteiger partial charge in [-0.15, -0.1) is 0 Å². The summed E-state index contributed by atoms with van der Waals surface area (Å²) in [6.45, 7) is 0. The van der Waals surface area contributed by atoms with E-state index in [0.29, 0.717) is 11.1 Å². The highest BCUT2D eigenvalue weighted by Crippen LogP contribution is 2.32. The van der Waals surface area contributed by atoms with E-state index in [4.69, 9.17) is 0 Å². The van der Waals surface area contributed by atoms with Crippen molar-refractivity contribution in [2.24, 2.45) is 5.92 Å². The molecule has 1 aliphatic rings. The van der Waals surface area contributed by atoms with Crippen LogP contribution in [0, 0.1) is 11.7 Å². The third-order valence-corrected chi connectivity index (χ3v) is 5.42. The first-order chi connectivity index (χ1) is 10.5. The fourth-order valence-electron chi connectivity index (χ4n) is 2.29. The van der Waals surface area contributed by atoms with Gasteiger partial charge in [-0.25, -0.2) is 12.8 Å².